The summed E-state index contributed by atoms with van der Waals surface area (Å²) in [5.74, 6) is 2.61. The zero-order chi connectivity index (χ0) is 13.6. The summed E-state index contributed by atoms with van der Waals surface area (Å²) in [6.45, 7) is 1.78. The number of hydrogen-bond acceptors (Lipinski definition) is 2. The minimum atomic E-state index is -0.464. The van der Waals surface area contributed by atoms with Crippen LogP contribution in [0.5, 0.6) is 0 Å². The van der Waals surface area contributed by atoms with E-state index in [9.17, 15) is 4.79 Å². The van der Waals surface area contributed by atoms with E-state index >= 15 is 0 Å². The molecule has 19 heavy (non-hydrogen) atoms. The van der Waals surface area contributed by atoms with Crippen LogP contribution in [0, 0.1) is 12.3 Å². The molecule has 0 saturated carbocycles. The largest absolute Gasteiger partial charge is 0.381 e. The summed E-state index contributed by atoms with van der Waals surface area (Å²) >= 11 is 0. The van der Waals surface area contributed by atoms with Crippen molar-refractivity contribution in [3.8, 4) is 12.3 Å². The maximum Gasteiger partial charge on any atom is 0.230 e. The lowest BCUT2D eigenvalue weighted by Gasteiger charge is -2.36. The van der Waals surface area contributed by atoms with E-state index in [1.807, 2.05) is 30.3 Å². The molecule has 1 fully saturated rings. The molecule has 0 aromatic heterocycles. The summed E-state index contributed by atoms with van der Waals surface area (Å²) < 4.78 is 5.41. The van der Waals surface area contributed by atoms with Gasteiger partial charge < -0.3 is 10.1 Å². The number of nitrogens with one attached hydrogen (secondary N) is 1. The van der Waals surface area contributed by atoms with Gasteiger partial charge in [0.25, 0.3) is 0 Å². The van der Waals surface area contributed by atoms with Crippen molar-refractivity contribution < 1.29 is 9.53 Å². The number of ether oxygens (including phenoxy) is 1. The quantitative estimate of drug-likeness (QED) is 0.660. The van der Waals surface area contributed by atoms with Gasteiger partial charge >= 0.3 is 0 Å². The molecule has 100 valence electrons. The number of carbonyl (C=O) groups is 1. The second kappa shape index (κ2) is 6.40. The third-order valence-electron chi connectivity index (χ3n) is 3.66. The monoisotopic (exact) mass is 257 g/mol. The van der Waals surface area contributed by atoms with Crippen molar-refractivity contribution in [1.82, 2.24) is 5.32 Å². The van der Waals surface area contributed by atoms with Crippen LogP contribution in [0.2, 0.25) is 0 Å². The number of hydrogen-bond donors (Lipinski definition) is 1. The van der Waals surface area contributed by atoms with Gasteiger partial charge in [0.2, 0.25) is 5.91 Å². The van der Waals surface area contributed by atoms with Gasteiger partial charge in [0.05, 0.1) is 5.41 Å². The van der Waals surface area contributed by atoms with Crippen LogP contribution in [0.15, 0.2) is 30.3 Å². The summed E-state index contributed by atoms with van der Waals surface area (Å²) in [5, 5.41) is 2.96. The molecule has 0 bridgehead atoms. The molecule has 2 rings (SSSR count). The van der Waals surface area contributed by atoms with Crippen LogP contribution in [0.25, 0.3) is 0 Å². The second-order valence-corrected chi connectivity index (χ2v) is 4.77. The Kier molecular flexibility index (Phi) is 4.59. The highest BCUT2D eigenvalue weighted by Gasteiger charge is 2.41. The molecular weight excluding hydrogens is 238 g/mol. The lowest BCUT2D eigenvalue weighted by atomic mass is 9.73. The van der Waals surface area contributed by atoms with Gasteiger partial charge in [-0.25, -0.2) is 0 Å². The first-order valence-electron chi connectivity index (χ1n) is 6.65. The molecule has 3 nitrogen and oxygen atoms in total. The first-order chi connectivity index (χ1) is 9.29. The standard InChI is InChI=1S/C16H19NO2/c1-2-3-11-17-15(18)16(9-12-19-13-10-16)14-7-5-4-6-8-14/h1,4-8H,3,9-13H2,(H,17,18). The first kappa shape index (κ1) is 13.6. The molecule has 1 aromatic rings. The third kappa shape index (κ3) is 2.97. The maximum absolute atomic E-state index is 12.6. The van der Waals surface area contributed by atoms with Gasteiger partial charge in [-0.15, -0.1) is 12.3 Å². The van der Waals surface area contributed by atoms with Crippen LogP contribution in [-0.4, -0.2) is 25.7 Å². The number of carbonyl (C=O) groups excluding carboxylic acids is 1. The minimum absolute atomic E-state index is 0.0669. The molecule has 1 saturated heterocycles. The van der Waals surface area contributed by atoms with E-state index < -0.39 is 5.41 Å². The van der Waals surface area contributed by atoms with Crippen molar-refractivity contribution in [2.75, 3.05) is 19.8 Å². The smallest absolute Gasteiger partial charge is 0.230 e. The van der Waals surface area contributed by atoms with Crippen molar-refractivity contribution in [1.29, 1.82) is 0 Å². The molecular formula is C16H19NO2. The Balaban J connectivity index is 2.20. The zero-order valence-corrected chi connectivity index (χ0v) is 11.0. The Labute approximate surface area is 114 Å². The van der Waals surface area contributed by atoms with Crippen LogP contribution in [0.1, 0.15) is 24.8 Å². The Morgan fingerprint density at radius 2 is 2.00 bits per heavy atom. The van der Waals surface area contributed by atoms with Crippen molar-refractivity contribution in [2.24, 2.45) is 0 Å². The van der Waals surface area contributed by atoms with Gasteiger partial charge in [0.15, 0.2) is 0 Å². The number of rotatable bonds is 4. The summed E-state index contributed by atoms with van der Waals surface area (Å²) in [4.78, 5) is 12.6. The van der Waals surface area contributed by atoms with E-state index in [-0.39, 0.29) is 5.91 Å². The van der Waals surface area contributed by atoms with E-state index in [4.69, 9.17) is 11.2 Å². The number of amides is 1. The summed E-state index contributed by atoms with van der Waals surface area (Å²) in [5.41, 5.74) is 0.602. The van der Waals surface area contributed by atoms with E-state index in [0.29, 0.717) is 26.2 Å². The van der Waals surface area contributed by atoms with Gasteiger partial charge in [0, 0.05) is 26.2 Å². The Hall–Kier alpha value is -1.79. The molecule has 1 aliphatic heterocycles. The van der Waals surface area contributed by atoms with Crippen LogP contribution in [0.4, 0.5) is 0 Å². The Bertz CT molecular complexity index is 455. The van der Waals surface area contributed by atoms with E-state index in [1.54, 1.807) is 0 Å². The fourth-order valence-corrected chi connectivity index (χ4v) is 2.54. The molecule has 0 spiro atoms. The van der Waals surface area contributed by atoms with E-state index in [2.05, 4.69) is 11.2 Å². The molecule has 1 heterocycles. The first-order valence-corrected chi connectivity index (χ1v) is 6.65. The maximum atomic E-state index is 12.6. The van der Waals surface area contributed by atoms with Gasteiger partial charge in [-0.1, -0.05) is 30.3 Å². The van der Waals surface area contributed by atoms with Gasteiger partial charge in [-0.3, -0.25) is 4.79 Å². The van der Waals surface area contributed by atoms with Crippen LogP contribution >= 0.6 is 0 Å². The normalized spacial score (nSPS) is 17.4. The SMILES string of the molecule is C#CCCNC(=O)C1(c2ccccc2)CCOCC1. The lowest BCUT2D eigenvalue weighted by molar-refractivity contribution is -0.130. The predicted molar refractivity (Wildman–Crippen MR) is 74.6 cm³/mol. The fraction of sp³-hybridized carbons (Fsp3) is 0.438. The number of benzene rings is 1. The average molecular weight is 257 g/mol. The molecule has 0 radical (unpaired) electrons. The molecule has 1 aliphatic rings. The van der Waals surface area contributed by atoms with E-state index in [0.717, 1.165) is 18.4 Å². The van der Waals surface area contributed by atoms with Crippen LogP contribution in [-0.2, 0) is 14.9 Å². The topological polar surface area (TPSA) is 38.3 Å². The molecule has 0 unspecified atom stereocenters. The molecule has 0 atom stereocenters. The van der Waals surface area contributed by atoms with Gasteiger partial charge in [-0.05, 0) is 18.4 Å². The Morgan fingerprint density at radius 3 is 2.63 bits per heavy atom. The number of terminal acetylenes is 1. The van der Waals surface area contributed by atoms with Crippen LogP contribution < -0.4 is 5.32 Å². The minimum Gasteiger partial charge on any atom is -0.381 e. The second-order valence-electron chi connectivity index (χ2n) is 4.77. The van der Waals surface area contributed by atoms with Gasteiger partial charge in [-0.2, -0.15) is 0 Å². The Morgan fingerprint density at radius 1 is 1.32 bits per heavy atom. The highest BCUT2D eigenvalue weighted by molar-refractivity contribution is 5.88. The van der Waals surface area contributed by atoms with Crippen molar-refractivity contribution in [3.05, 3.63) is 35.9 Å². The molecule has 1 N–H and O–H groups in total. The van der Waals surface area contributed by atoms with Crippen molar-refractivity contribution in [2.45, 2.75) is 24.7 Å². The summed E-state index contributed by atoms with van der Waals surface area (Å²) in [6, 6.07) is 9.95. The summed E-state index contributed by atoms with van der Waals surface area (Å²) in [6.07, 6.45) is 7.22. The van der Waals surface area contributed by atoms with E-state index in [1.165, 1.54) is 0 Å². The van der Waals surface area contributed by atoms with Gasteiger partial charge in [0.1, 0.15) is 0 Å². The fourth-order valence-electron chi connectivity index (χ4n) is 2.54. The van der Waals surface area contributed by atoms with Crippen molar-refractivity contribution in [3.63, 3.8) is 0 Å². The third-order valence-corrected chi connectivity index (χ3v) is 3.66. The molecule has 3 heteroatoms. The predicted octanol–water partition coefficient (Wildman–Crippen LogP) is 1.87. The average Bonchev–Trinajstić information content (AvgIpc) is 2.49. The molecule has 1 amide bonds. The highest BCUT2D eigenvalue weighted by Crippen LogP contribution is 2.35. The van der Waals surface area contributed by atoms with Crippen molar-refractivity contribution >= 4 is 5.91 Å². The lowest BCUT2D eigenvalue weighted by Crippen LogP contribution is -2.48. The summed E-state index contributed by atoms with van der Waals surface area (Å²) in [7, 11) is 0. The highest BCUT2D eigenvalue weighted by atomic mass is 16.5. The molecule has 1 aromatic carbocycles. The van der Waals surface area contributed by atoms with Crippen LogP contribution in [0.3, 0.4) is 0 Å². The molecule has 0 aliphatic carbocycles. The zero-order valence-electron chi connectivity index (χ0n) is 11.0.